The van der Waals surface area contributed by atoms with Gasteiger partial charge in [0.15, 0.2) is 4.99 Å². The predicted molar refractivity (Wildman–Crippen MR) is 111 cm³/mol. The number of methoxy groups -OCH3 is 1. The third kappa shape index (κ3) is 3.67. The summed E-state index contributed by atoms with van der Waals surface area (Å²) in [6.07, 6.45) is 0.802. The summed E-state index contributed by atoms with van der Waals surface area (Å²) in [6, 6.07) is 17.2. The van der Waals surface area contributed by atoms with E-state index in [9.17, 15) is 9.59 Å². The van der Waals surface area contributed by atoms with Crippen molar-refractivity contribution in [2.75, 3.05) is 26.0 Å². The number of rotatable bonds is 4. The molecule has 7 heteroatoms. The van der Waals surface area contributed by atoms with Crippen molar-refractivity contribution in [2.24, 2.45) is 0 Å². The fourth-order valence-corrected chi connectivity index (χ4v) is 5.42. The van der Waals surface area contributed by atoms with Crippen molar-refractivity contribution in [3.63, 3.8) is 0 Å². The van der Waals surface area contributed by atoms with Crippen molar-refractivity contribution in [3.8, 4) is 5.75 Å². The fraction of sp³-hybridized carbons (Fsp3) is 0.364. The Kier molecular flexibility index (Phi) is 5.67. The number of carbonyl (C=O) groups is 2. The van der Waals surface area contributed by atoms with Crippen LogP contribution in [0.2, 0.25) is 0 Å². The lowest BCUT2D eigenvalue weighted by atomic mass is 10.0. The number of fused-ring (bicyclic) bond motifs is 1. The summed E-state index contributed by atoms with van der Waals surface area (Å²) >= 11 is 1.61. The van der Waals surface area contributed by atoms with Crippen LogP contribution in [0.1, 0.15) is 24.0 Å². The molecule has 2 saturated heterocycles. The number of benzene rings is 2. The monoisotopic (exact) mass is 412 g/mol. The Hall–Kier alpha value is -2.67. The van der Waals surface area contributed by atoms with E-state index in [0.717, 1.165) is 29.1 Å². The number of amides is 2. The van der Waals surface area contributed by atoms with E-state index >= 15 is 0 Å². The molecule has 2 amide bonds. The van der Waals surface area contributed by atoms with Crippen molar-refractivity contribution in [2.45, 2.75) is 24.4 Å². The zero-order valence-corrected chi connectivity index (χ0v) is 17.2. The topological polar surface area (TPSA) is 59.1 Å². The molecule has 29 heavy (non-hydrogen) atoms. The van der Waals surface area contributed by atoms with E-state index in [1.165, 1.54) is 0 Å². The summed E-state index contributed by atoms with van der Waals surface area (Å²) in [5.41, 5.74) is 1.81. The average Bonchev–Trinajstić information content (AvgIpc) is 2.78. The van der Waals surface area contributed by atoms with Crippen LogP contribution in [0.25, 0.3) is 0 Å². The summed E-state index contributed by atoms with van der Waals surface area (Å²) in [5.74, 6) is 1.66. The SMILES string of the molecule is COc1ccc(C23SCCCN2C(=O)CCN3C(=O)OCc2ccccc2)cc1. The highest BCUT2D eigenvalue weighted by Gasteiger charge is 2.53. The minimum atomic E-state index is -0.881. The predicted octanol–water partition coefficient (Wildman–Crippen LogP) is 3.81. The largest absolute Gasteiger partial charge is 0.497 e. The molecule has 2 fully saturated rings. The van der Waals surface area contributed by atoms with E-state index in [1.807, 2.05) is 59.5 Å². The van der Waals surface area contributed by atoms with E-state index in [4.69, 9.17) is 9.47 Å². The van der Waals surface area contributed by atoms with Crippen molar-refractivity contribution < 1.29 is 19.1 Å². The minimum Gasteiger partial charge on any atom is -0.497 e. The number of carbonyl (C=O) groups excluding carboxylic acids is 2. The van der Waals surface area contributed by atoms with Gasteiger partial charge in [-0.1, -0.05) is 42.5 Å². The van der Waals surface area contributed by atoms with Gasteiger partial charge in [-0.3, -0.25) is 9.69 Å². The first-order valence-electron chi connectivity index (χ1n) is 9.72. The maximum absolute atomic E-state index is 13.2. The Morgan fingerprint density at radius 3 is 2.59 bits per heavy atom. The highest BCUT2D eigenvalue weighted by atomic mass is 32.2. The molecule has 0 saturated carbocycles. The van der Waals surface area contributed by atoms with Gasteiger partial charge in [-0.05, 0) is 29.9 Å². The molecule has 0 radical (unpaired) electrons. The smallest absolute Gasteiger partial charge is 0.412 e. The standard InChI is InChI=1S/C22H24N2O4S/c1-27-19-10-8-18(9-11-19)22-23(13-5-15-29-22)20(25)12-14-24(22)21(26)28-16-17-6-3-2-4-7-17/h2-4,6-11H,5,12-16H2,1H3. The van der Waals surface area contributed by atoms with Gasteiger partial charge in [0.25, 0.3) is 0 Å². The number of hydrogen-bond donors (Lipinski definition) is 0. The molecule has 2 aliphatic heterocycles. The van der Waals surface area contributed by atoms with Crippen LogP contribution in [0.5, 0.6) is 5.75 Å². The lowest BCUT2D eigenvalue weighted by Gasteiger charge is -2.54. The van der Waals surface area contributed by atoms with Gasteiger partial charge in [0.2, 0.25) is 5.91 Å². The molecule has 2 aromatic carbocycles. The first-order valence-corrected chi connectivity index (χ1v) is 10.7. The number of nitrogens with zero attached hydrogens (tertiary/aromatic N) is 2. The Morgan fingerprint density at radius 2 is 1.86 bits per heavy atom. The van der Waals surface area contributed by atoms with E-state index in [0.29, 0.717) is 19.5 Å². The lowest BCUT2D eigenvalue weighted by Crippen LogP contribution is -2.65. The van der Waals surface area contributed by atoms with Gasteiger partial charge < -0.3 is 14.4 Å². The Morgan fingerprint density at radius 1 is 1.10 bits per heavy atom. The van der Waals surface area contributed by atoms with Crippen LogP contribution >= 0.6 is 11.8 Å². The van der Waals surface area contributed by atoms with E-state index in [1.54, 1.807) is 23.8 Å². The number of hydrogen-bond acceptors (Lipinski definition) is 5. The molecule has 6 nitrogen and oxygen atoms in total. The summed E-state index contributed by atoms with van der Waals surface area (Å²) in [5, 5.41) is 0. The molecule has 2 aromatic rings. The van der Waals surface area contributed by atoms with E-state index in [-0.39, 0.29) is 12.5 Å². The molecule has 152 valence electrons. The van der Waals surface area contributed by atoms with Crippen molar-refractivity contribution in [3.05, 3.63) is 65.7 Å². The van der Waals surface area contributed by atoms with Gasteiger partial charge in [0.05, 0.1) is 7.11 Å². The minimum absolute atomic E-state index is 0.0696. The summed E-state index contributed by atoms with van der Waals surface area (Å²) in [4.78, 5) is 28.6. The fourth-order valence-electron chi connectivity index (χ4n) is 3.89. The molecule has 0 aliphatic carbocycles. The highest BCUT2D eigenvalue weighted by Crippen LogP contribution is 2.49. The lowest BCUT2D eigenvalue weighted by molar-refractivity contribution is -0.147. The average molecular weight is 413 g/mol. The normalized spacial score (nSPS) is 21.5. The van der Waals surface area contributed by atoms with Gasteiger partial charge in [-0.15, -0.1) is 11.8 Å². The molecule has 0 spiro atoms. The van der Waals surface area contributed by atoms with Gasteiger partial charge in [-0.25, -0.2) is 4.79 Å². The first-order chi connectivity index (χ1) is 14.1. The van der Waals surface area contributed by atoms with Gasteiger partial charge in [0, 0.05) is 25.1 Å². The van der Waals surface area contributed by atoms with Gasteiger partial charge in [0.1, 0.15) is 12.4 Å². The third-order valence-corrected chi connectivity index (χ3v) is 6.87. The summed E-state index contributed by atoms with van der Waals surface area (Å²) < 4.78 is 10.9. The molecular weight excluding hydrogens is 388 g/mol. The molecule has 0 bridgehead atoms. The quantitative estimate of drug-likeness (QED) is 0.764. The van der Waals surface area contributed by atoms with Crippen molar-refractivity contribution >= 4 is 23.8 Å². The first kappa shape index (κ1) is 19.6. The Bertz CT molecular complexity index is 874. The van der Waals surface area contributed by atoms with Crippen LogP contribution < -0.4 is 4.74 Å². The van der Waals surface area contributed by atoms with Crippen LogP contribution in [-0.2, 0) is 21.1 Å². The molecule has 4 rings (SSSR count). The highest BCUT2D eigenvalue weighted by molar-refractivity contribution is 8.00. The molecular formula is C22H24N2O4S. The van der Waals surface area contributed by atoms with E-state index < -0.39 is 11.1 Å². The van der Waals surface area contributed by atoms with Crippen LogP contribution in [0.3, 0.4) is 0 Å². The van der Waals surface area contributed by atoms with Crippen molar-refractivity contribution in [1.82, 2.24) is 9.80 Å². The van der Waals surface area contributed by atoms with Crippen LogP contribution in [0.4, 0.5) is 4.79 Å². The maximum atomic E-state index is 13.2. The molecule has 1 unspecified atom stereocenters. The molecule has 1 atom stereocenters. The maximum Gasteiger partial charge on any atom is 0.412 e. The molecule has 0 N–H and O–H groups in total. The van der Waals surface area contributed by atoms with Crippen LogP contribution in [0, 0.1) is 0 Å². The van der Waals surface area contributed by atoms with E-state index in [2.05, 4.69) is 0 Å². The second-order valence-corrected chi connectivity index (χ2v) is 8.29. The third-order valence-electron chi connectivity index (χ3n) is 5.30. The Labute approximate surface area is 174 Å². The number of ether oxygens (including phenoxy) is 2. The van der Waals surface area contributed by atoms with Gasteiger partial charge in [-0.2, -0.15) is 0 Å². The molecule has 2 heterocycles. The second kappa shape index (κ2) is 8.37. The van der Waals surface area contributed by atoms with Crippen LogP contribution in [0.15, 0.2) is 54.6 Å². The molecule has 2 aliphatic rings. The van der Waals surface area contributed by atoms with Crippen LogP contribution in [-0.4, -0.2) is 47.8 Å². The second-order valence-electron chi connectivity index (χ2n) is 7.03. The summed E-state index contributed by atoms with van der Waals surface area (Å²) in [7, 11) is 1.62. The van der Waals surface area contributed by atoms with Crippen molar-refractivity contribution in [1.29, 1.82) is 0 Å². The zero-order chi connectivity index (χ0) is 20.3. The zero-order valence-electron chi connectivity index (χ0n) is 16.4. The Balaban J connectivity index is 1.66. The summed E-state index contributed by atoms with van der Waals surface area (Å²) in [6.45, 7) is 1.16. The molecule has 0 aromatic heterocycles. The number of thioether (sulfide) groups is 1. The van der Waals surface area contributed by atoms with Gasteiger partial charge >= 0.3 is 6.09 Å².